The van der Waals surface area contributed by atoms with Crippen LogP contribution in [0, 0.1) is 5.41 Å². The molecule has 1 saturated carbocycles. The normalized spacial score (nSPS) is 16.9. The van der Waals surface area contributed by atoms with Crippen molar-refractivity contribution in [1.29, 1.82) is 5.41 Å². The van der Waals surface area contributed by atoms with Crippen LogP contribution in [-0.2, 0) is 0 Å². The van der Waals surface area contributed by atoms with E-state index < -0.39 is 12.7 Å². The fourth-order valence-corrected chi connectivity index (χ4v) is 5.12. The molecule has 1 aliphatic carbocycles. The third-order valence-electron chi connectivity index (χ3n) is 6.97. The Morgan fingerprint density at radius 1 is 1.18 bits per heavy atom. The fraction of sp³-hybridized carbons (Fsp3) is 0.500. The largest absolute Gasteiger partial charge is 0.401 e. The van der Waals surface area contributed by atoms with Gasteiger partial charge in [0.05, 0.1) is 18.4 Å². The molecule has 206 valence electrons. The second kappa shape index (κ2) is 11.5. The van der Waals surface area contributed by atoms with Gasteiger partial charge in [0.2, 0.25) is 0 Å². The van der Waals surface area contributed by atoms with E-state index in [0.29, 0.717) is 54.9 Å². The Labute approximate surface area is 220 Å². The van der Waals surface area contributed by atoms with E-state index in [4.69, 9.17) is 5.41 Å². The van der Waals surface area contributed by atoms with Crippen molar-refractivity contribution in [3.63, 3.8) is 0 Å². The van der Waals surface area contributed by atoms with E-state index >= 15 is 0 Å². The Kier molecular flexibility index (Phi) is 8.29. The van der Waals surface area contributed by atoms with E-state index in [9.17, 15) is 18.0 Å². The molecule has 12 heteroatoms. The van der Waals surface area contributed by atoms with Crippen molar-refractivity contribution in [2.45, 2.75) is 37.9 Å². The van der Waals surface area contributed by atoms with Crippen molar-refractivity contribution in [1.82, 2.24) is 19.4 Å². The molecule has 2 aliphatic rings. The van der Waals surface area contributed by atoms with Crippen LogP contribution < -0.4 is 15.5 Å². The van der Waals surface area contributed by atoms with Crippen molar-refractivity contribution < 1.29 is 18.0 Å². The Hall–Kier alpha value is -3.54. The first-order chi connectivity index (χ1) is 18.1. The molecule has 0 atom stereocenters. The van der Waals surface area contributed by atoms with E-state index in [1.165, 1.54) is 16.0 Å². The molecule has 0 radical (unpaired) electrons. The second-order valence-corrected chi connectivity index (χ2v) is 9.99. The van der Waals surface area contributed by atoms with Crippen LogP contribution in [0.25, 0.3) is 0 Å². The minimum absolute atomic E-state index is 0.122. The van der Waals surface area contributed by atoms with E-state index in [2.05, 4.69) is 22.2 Å². The molecule has 1 amide bonds. The van der Waals surface area contributed by atoms with Gasteiger partial charge < -0.3 is 30.4 Å². The van der Waals surface area contributed by atoms with Gasteiger partial charge in [0, 0.05) is 58.1 Å². The van der Waals surface area contributed by atoms with Gasteiger partial charge in [0.25, 0.3) is 5.91 Å². The zero-order valence-electron chi connectivity index (χ0n) is 21.8. The van der Waals surface area contributed by atoms with Crippen LogP contribution in [0.15, 0.2) is 36.8 Å². The Bertz CT molecular complexity index is 1140. The van der Waals surface area contributed by atoms with E-state index in [1.807, 2.05) is 15.5 Å². The molecular weight excluding hydrogens is 497 g/mol. The monoisotopic (exact) mass is 532 g/mol. The number of aromatic nitrogens is 2. The minimum Gasteiger partial charge on any atom is -0.368 e. The number of pyridine rings is 1. The predicted octanol–water partition coefficient (Wildman–Crippen LogP) is 4.38. The zero-order valence-corrected chi connectivity index (χ0v) is 21.8. The topological polar surface area (TPSA) is 92.5 Å². The van der Waals surface area contributed by atoms with Gasteiger partial charge >= 0.3 is 6.18 Å². The predicted molar refractivity (Wildman–Crippen MR) is 143 cm³/mol. The standard InChI is InChI=1S/C26H35F3N8O/c1-18(32-23-9-8-21(16-31-23)36-12-10-35(11-13-36)17-26(27,28)29)33-24-19(15-30)14-22(25(38)34(2)3)37(24)20-6-4-5-7-20/h8-9,14-16,20,30,33H,1,4-7,10-13,17H2,2-3H3,(H,31,32). The summed E-state index contributed by atoms with van der Waals surface area (Å²) in [5.41, 5.74) is 1.97. The molecule has 4 rings (SSSR count). The highest BCUT2D eigenvalue weighted by atomic mass is 19.4. The van der Waals surface area contributed by atoms with E-state index in [1.54, 1.807) is 32.4 Å². The van der Waals surface area contributed by atoms with Crippen molar-refractivity contribution in [2.75, 3.05) is 62.4 Å². The zero-order chi connectivity index (χ0) is 27.4. The summed E-state index contributed by atoms with van der Waals surface area (Å²) in [6.45, 7) is 4.87. The molecule has 2 fully saturated rings. The van der Waals surface area contributed by atoms with Gasteiger partial charge in [-0.1, -0.05) is 19.4 Å². The average molecular weight is 533 g/mol. The van der Waals surface area contributed by atoms with Gasteiger partial charge in [-0.2, -0.15) is 13.2 Å². The molecule has 0 aromatic carbocycles. The quantitative estimate of drug-likeness (QED) is 0.416. The summed E-state index contributed by atoms with van der Waals surface area (Å²) in [7, 11) is 3.42. The summed E-state index contributed by atoms with van der Waals surface area (Å²) < 4.78 is 39.9. The molecule has 2 aromatic rings. The molecule has 0 unspecified atom stereocenters. The maximum Gasteiger partial charge on any atom is 0.401 e. The molecule has 2 aromatic heterocycles. The number of hydrogen-bond donors (Lipinski definition) is 3. The SMILES string of the molecule is C=C(Nc1ccc(N2CCN(CC(F)(F)F)CC2)cn1)Nc1c(C=N)cc(C(=O)N(C)C)n1C1CCCC1. The number of piperazine rings is 1. The second-order valence-electron chi connectivity index (χ2n) is 9.99. The van der Waals surface area contributed by atoms with Crippen LogP contribution in [0.4, 0.5) is 30.5 Å². The van der Waals surface area contributed by atoms with E-state index in [0.717, 1.165) is 31.4 Å². The number of carbonyl (C=O) groups is 1. The highest BCUT2D eigenvalue weighted by Gasteiger charge is 2.32. The van der Waals surface area contributed by atoms with Crippen molar-refractivity contribution >= 4 is 29.4 Å². The van der Waals surface area contributed by atoms with Gasteiger partial charge in [-0.15, -0.1) is 0 Å². The Morgan fingerprint density at radius 3 is 2.42 bits per heavy atom. The molecular formula is C26H35F3N8O. The average Bonchev–Trinajstić information content (AvgIpc) is 3.51. The summed E-state index contributed by atoms with van der Waals surface area (Å²) >= 11 is 0. The number of alkyl halides is 3. The molecule has 0 spiro atoms. The lowest BCUT2D eigenvalue weighted by atomic mass is 10.2. The smallest absolute Gasteiger partial charge is 0.368 e. The highest BCUT2D eigenvalue weighted by molar-refractivity contribution is 5.98. The summed E-state index contributed by atoms with van der Waals surface area (Å²) in [5.74, 6) is 1.50. The lowest BCUT2D eigenvalue weighted by molar-refractivity contribution is -0.146. The van der Waals surface area contributed by atoms with Crippen LogP contribution in [0.5, 0.6) is 0 Å². The maximum absolute atomic E-state index is 12.9. The van der Waals surface area contributed by atoms with Gasteiger partial charge in [0.1, 0.15) is 23.2 Å². The summed E-state index contributed by atoms with van der Waals surface area (Å²) in [6, 6.07) is 5.57. The number of amides is 1. The number of halogens is 3. The number of nitrogens with one attached hydrogen (secondary N) is 3. The molecule has 38 heavy (non-hydrogen) atoms. The molecule has 3 heterocycles. The van der Waals surface area contributed by atoms with Crippen LogP contribution in [0.2, 0.25) is 0 Å². The first-order valence-electron chi connectivity index (χ1n) is 12.8. The molecule has 0 bridgehead atoms. The van der Waals surface area contributed by atoms with Gasteiger partial charge in [-0.05, 0) is 31.0 Å². The minimum atomic E-state index is -4.19. The number of rotatable bonds is 9. The number of nitrogens with zero attached hydrogens (tertiary/aromatic N) is 5. The van der Waals surface area contributed by atoms with Crippen LogP contribution in [0.3, 0.4) is 0 Å². The Morgan fingerprint density at radius 2 is 1.87 bits per heavy atom. The molecule has 3 N–H and O–H groups in total. The summed E-state index contributed by atoms with van der Waals surface area (Å²) in [4.78, 5) is 22.3. The summed E-state index contributed by atoms with van der Waals surface area (Å²) in [5, 5.41) is 14.3. The van der Waals surface area contributed by atoms with Crippen molar-refractivity contribution in [2.24, 2.45) is 0 Å². The lowest BCUT2D eigenvalue weighted by Crippen LogP contribution is -2.49. The van der Waals surface area contributed by atoms with Gasteiger partial charge in [-0.25, -0.2) is 4.98 Å². The number of carbonyl (C=O) groups excluding carboxylic acids is 1. The lowest BCUT2D eigenvalue weighted by Gasteiger charge is -2.36. The first kappa shape index (κ1) is 27.5. The van der Waals surface area contributed by atoms with E-state index in [-0.39, 0.29) is 11.9 Å². The summed E-state index contributed by atoms with van der Waals surface area (Å²) in [6.07, 6.45) is 2.83. The number of hydrogen-bond acceptors (Lipinski definition) is 7. The maximum atomic E-state index is 12.9. The molecule has 1 aliphatic heterocycles. The van der Waals surface area contributed by atoms with Crippen molar-refractivity contribution in [3.8, 4) is 0 Å². The molecule has 1 saturated heterocycles. The van der Waals surface area contributed by atoms with Gasteiger partial charge in [0.15, 0.2) is 0 Å². The first-order valence-corrected chi connectivity index (χ1v) is 12.8. The van der Waals surface area contributed by atoms with Crippen LogP contribution in [-0.4, -0.2) is 84.5 Å². The Balaban J connectivity index is 1.43. The molecule has 9 nitrogen and oxygen atoms in total. The van der Waals surface area contributed by atoms with Crippen LogP contribution in [0.1, 0.15) is 47.8 Å². The third-order valence-corrected chi connectivity index (χ3v) is 6.97. The van der Waals surface area contributed by atoms with Crippen molar-refractivity contribution in [3.05, 3.63) is 48.1 Å². The highest BCUT2D eigenvalue weighted by Crippen LogP contribution is 2.36. The fourth-order valence-electron chi connectivity index (χ4n) is 5.12. The third kappa shape index (κ3) is 6.47. The number of anilines is 3. The van der Waals surface area contributed by atoms with Gasteiger partial charge in [-0.3, -0.25) is 9.69 Å². The van der Waals surface area contributed by atoms with Crippen LogP contribution >= 0.6 is 0 Å².